The minimum absolute atomic E-state index is 0.125. The van der Waals surface area contributed by atoms with Crippen LogP contribution in [0.2, 0.25) is 0 Å². The molecule has 0 aliphatic carbocycles. The van der Waals surface area contributed by atoms with Crippen LogP contribution < -0.4 is 9.46 Å². The lowest BCUT2D eigenvalue weighted by Gasteiger charge is -2.22. The maximum atomic E-state index is 14.0. The van der Waals surface area contributed by atoms with Crippen molar-refractivity contribution in [2.24, 2.45) is 0 Å². The Kier molecular flexibility index (Phi) is 9.14. The molecule has 0 bridgehead atoms. The molecule has 1 N–H and O–H groups in total. The van der Waals surface area contributed by atoms with E-state index in [1.54, 1.807) is 25.5 Å². The SMILES string of the molecule is CCOC(=O)Cc1ccccc1OCc1cc(-c2ccnc(C(CF)N[S@@](=O)C(C)(C)C)c2)c2occc2c1. The molecule has 7 nitrogen and oxygen atoms in total. The Morgan fingerprint density at radius 3 is 2.69 bits per heavy atom. The molecule has 0 radical (unpaired) electrons. The molecule has 39 heavy (non-hydrogen) atoms. The molecule has 2 heterocycles. The van der Waals surface area contributed by atoms with Crippen LogP contribution in [0.15, 0.2) is 71.5 Å². The molecule has 4 aromatic rings. The molecular formula is C30H33FN2O5S. The molecule has 0 aliphatic heterocycles. The summed E-state index contributed by atoms with van der Waals surface area (Å²) in [7, 11) is -1.46. The topological polar surface area (TPSA) is 90.7 Å². The molecule has 206 valence electrons. The summed E-state index contributed by atoms with van der Waals surface area (Å²) in [5.74, 6) is 0.297. The fourth-order valence-corrected chi connectivity index (χ4v) is 4.84. The normalized spacial score (nSPS) is 13.3. The van der Waals surface area contributed by atoms with Crippen LogP contribution in [0, 0.1) is 0 Å². The molecule has 0 saturated heterocycles. The van der Waals surface area contributed by atoms with E-state index in [0.717, 1.165) is 27.6 Å². The van der Waals surface area contributed by atoms with E-state index in [2.05, 4.69) is 9.71 Å². The summed E-state index contributed by atoms with van der Waals surface area (Å²) < 4.78 is 45.9. The van der Waals surface area contributed by atoms with Crippen LogP contribution >= 0.6 is 0 Å². The molecule has 0 fully saturated rings. The van der Waals surface area contributed by atoms with E-state index in [9.17, 15) is 13.4 Å². The number of nitrogens with one attached hydrogen (secondary N) is 1. The van der Waals surface area contributed by atoms with E-state index < -0.39 is 28.4 Å². The number of carbonyl (C=O) groups excluding carboxylic acids is 1. The molecule has 2 aromatic heterocycles. The van der Waals surface area contributed by atoms with E-state index in [0.29, 0.717) is 23.6 Å². The number of alkyl halides is 1. The maximum absolute atomic E-state index is 14.0. The van der Waals surface area contributed by atoms with Crippen molar-refractivity contribution >= 4 is 27.9 Å². The molecule has 0 saturated carbocycles. The van der Waals surface area contributed by atoms with Gasteiger partial charge in [0.2, 0.25) is 0 Å². The summed E-state index contributed by atoms with van der Waals surface area (Å²) in [6.45, 7) is 7.07. The van der Waals surface area contributed by atoms with Gasteiger partial charge in [-0.2, -0.15) is 0 Å². The Morgan fingerprint density at radius 1 is 1.15 bits per heavy atom. The van der Waals surface area contributed by atoms with Crippen molar-refractivity contribution in [3.8, 4) is 16.9 Å². The van der Waals surface area contributed by atoms with E-state index in [4.69, 9.17) is 13.9 Å². The highest BCUT2D eigenvalue weighted by molar-refractivity contribution is 7.84. The zero-order valence-electron chi connectivity index (χ0n) is 22.5. The van der Waals surface area contributed by atoms with Gasteiger partial charge in [-0.15, -0.1) is 0 Å². The number of aromatic nitrogens is 1. The lowest BCUT2D eigenvalue weighted by atomic mass is 10.00. The molecule has 1 unspecified atom stereocenters. The van der Waals surface area contributed by atoms with Crippen molar-refractivity contribution in [2.45, 2.75) is 51.5 Å². The predicted molar refractivity (Wildman–Crippen MR) is 150 cm³/mol. The molecule has 2 aromatic carbocycles. The number of pyridine rings is 1. The number of para-hydroxylation sites is 1. The first-order chi connectivity index (χ1) is 18.7. The highest BCUT2D eigenvalue weighted by atomic mass is 32.2. The third-order valence-electron chi connectivity index (χ3n) is 6.03. The Balaban J connectivity index is 1.61. The number of rotatable bonds is 11. The smallest absolute Gasteiger partial charge is 0.310 e. The average molecular weight is 553 g/mol. The van der Waals surface area contributed by atoms with Gasteiger partial charge in [-0.1, -0.05) is 18.2 Å². The summed E-state index contributed by atoms with van der Waals surface area (Å²) in [6.07, 6.45) is 3.35. The number of esters is 1. The lowest BCUT2D eigenvalue weighted by molar-refractivity contribution is -0.142. The fourth-order valence-electron chi connectivity index (χ4n) is 4.04. The first-order valence-corrected chi connectivity index (χ1v) is 13.9. The number of ether oxygens (including phenoxy) is 2. The Hall–Kier alpha value is -3.56. The second-order valence-corrected chi connectivity index (χ2v) is 12.0. The number of fused-ring (bicyclic) bond motifs is 1. The van der Waals surface area contributed by atoms with Crippen molar-refractivity contribution in [2.75, 3.05) is 13.3 Å². The summed E-state index contributed by atoms with van der Waals surface area (Å²) in [4.78, 5) is 16.4. The van der Waals surface area contributed by atoms with Gasteiger partial charge >= 0.3 is 5.97 Å². The minimum Gasteiger partial charge on any atom is -0.489 e. The Morgan fingerprint density at radius 2 is 1.95 bits per heavy atom. The van der Waals surface area contributed by atoms with Crippen molar-refractivity contribution in [3.05, 3.63) is 83.9 Å². The van der Waals surface area contributed by atoms with Crippen LogP contribution in [0.3, 0.4) is 0 Å². The van der Waals surface area contributed by atoms with Gasteiger partial charge in [0.05, 0.1) is 46.8 Å². The molecule has 9 heteroatoms. The molecular weight excluding hydrogens is 519 g/mol. The van der Waals surface area contributed by atoms with Gasteiger partial charge in [-0.3, -0.25) is 9.78 Å². The van der Waals surface area contributed by atoms with Crippen molar-refractivity contribution in [1.29, 1.82) is 0 Å². The van der Waals surface area contributed by atoms with Crippen LogP contribution in [0.4, 0.5) is 4.39 Å². The molecule has 0 amide bonds. The first kappa shape index (κ1) is 28.4. The monoisotopic (exact) mass is 552 g/mol. The van der Waals surface area contributed by atoms with Gasteiger partial charge in [-0.05, 0) is 75.2 Å². The Labute approximate surface area is 230 Å². The van der Waals surface area contributed by atoms with Crippen LogP contribution in [-0.4, -0.2) is 33.2 Å². The van der Waals surface area contributed by atoms with Crippen molar-refractivity contribution in [1.82, 2.24) is 9.71 Å². The van der Waals surface area contributed by atoms with Crippen LogP contribution in [-0.2, 0) is 33.5 Å². The number of furan rings is 1. The molecule has 0 aliphatic rings. The zero-order valence-corrected chi connectivity index (χ0v) is 23.3. The van der Waals surface area contributed by atoms with Crippen LogP contribution in [0.25, 0.3) is 22.1 Å². The van der Waals surface area contributed by atoms with E-state index in [1.165, 1.54) is 0 Å². The number of halogens is 1. The molecule has 4 rings (SSSR count). The van der Waals surface area contributed by atoms with Gasteiger partial charge in [-0.25, -0.2) is 13.3 Å². The van der Waals surface area contributed by atoms with Gasteiger partial charge in [0.15, 0.2) is 0 Å². The Bertz CT molecular complexity index is 1460. The highest BCUT2D eigenvalue weighted by Crippen LogP contribution is 2.33. The molecule has 0 spiro atoms. The summed E-state index contributed by atoms with van der Waals surface area (Å²) in [6, 6.07) is 16.0. The van der Waals surface area contributed by atoms with Gasteiger partial charge in [0, 0.05) is 22.7 Å². The second-order valence-electron chi connectivity index (χ2n) is 10.0. The minimum atomic E-state index is -1.46. The van der Waals surface area contributed by atoms with E-state index in [1.807, 2.05) is 69.3 Å². The van der Waals surface area contributed by atoms with Crippen molar-refractivity contribution < 1.29 is 27.3 Å². The predicted octanol–water partition coefficient (Wildman–Crippen LogP) is 6.24. The van der Waals surface area contributed by atoms with Crippen molar-refractivity contribution in [3.63, 3.8) is 0 Å². The number of benzene rings is 2. The first-order valence-electron chi connectivity index (χ1n) is 12.8. The van der Waals surface area contributed by atoms with Crippen LogP contribution in [0.5, 0.6) is 5.75 Å². The average Bonchev–Trinajstić information content (AvgIpc) is 3.39. The fraction of sp³-hybridized carbons (Fsp3) is 0.333. The van der Waals surface area contributed by atoms with Crippen LogP contribution in [0.1, 0.15) is 50.6 Å². The zero-order chi connectivity index (χ0) is 28.0. The second kappa shape index (κ2) is 12.5. The highest BCUT2D eigenvalue weighted by Gasteiger charge is 2.25. The maximum Gasteiger partial charge on any atom is 0.310 e. The number of hydrogen-bond donors (Lipinski definition) is 1. The van der Waals surface area contributed by atoms with Gasteiger partial charge in [0.25, 0.3) is 0 Å². The largest absolute Gasteiger partial charge is 0.489 e. The van der Waals surface area contributed by atoms with Gasteiger partial charge < -0.3 is 13.9 Å². The number of nitrogens with zero attached hydrogens (tertiary/aromatic N) is 1. The standard InChI is InChI=1S/C30H33FN2O5S/c1-5-36-28(34)17-22-8-6-7-9-27(22)38-19-20-14-23-11-13-37-29(23)24(15-20)21-10-12-32-25(16-21)26(18-31)33-39(35)30(2,3)4/h6-16,26,33H,5,17-19H2,1-4H3/t26?,39-/m0/s1. The lowest BCUT2D eigenvalue weighted by Crippen LogP contribution is -2.36. The number of carbonyl (C=O) groups is 1. The quantitative estimate of drug-likeness (QED) is 0.222. The van der Waals surface area contributed by atoms with E-state index in [-0.39, 0.29) is 19.0 Å². The summed E-state index contributed by atoms with van der Waals surface area (Å²) in [5, 5.41) is 0.887. The number of hydrogen-bond acceptors (Lipinski definition) is 6. The molecule has 2 atom stereocenters. The van der Waals surface area contributed by atoms with Gasteiger partial charge in [0.1, 0.15) is 24.6 Å². The summed E-state index contributed by atoms with van der Waals surface area (Å²) in [5.41, 5.74) is 4.35. The third-order valence-corrected chi connectivity index (χ3v) is 7.64. The van der Waals surface area contributed by atoms with E-state index >= 15 is 0 Å². The third kappa shape index (κ3) is 7.10. The summed E-state index contributed by atoms with van der Waals surface area (Å²) >= 11 is 0.